The van der Waals surface area contributed by atoms with Crippen molar-refractivity contribution < 1.29 is 4.79 Å². The van der Waals surface area contributed by atoms with Gasteiger partial charge in [-0.3, -0.25) is 14.8 Å². The summed E-state index contributed by atoms with van der Waals surface area (Å²) in [4.78, 5) is 13.9. The number of primary amides is 1. The zero-order valence-electron chi connectivity index (χ0n) is 17.1. The van der Waals surface area contributed by atoms with Crippen molar-refractivity contribution >= 4 is 27.7 Å². The summed E-state index contributed by atoms with van der Waals surface area (Å²) in [5.41, 5.74) is 10.2. The molecule has 1 aliphatic rings. The number of hydrogen-bond acceptors (Lipinski definition) is 3. The molecule has 3 N–H and O–H groups in total. The number of aromatic nitrogens is 3. The molecule has 0 radical (unpaired) electrons. The first kappa shape index (κ1) is 18.9. The minimum absolute atomic E-state index is 0.222. The number of aromatic amines is 1. The van der Waals surface area contributed by atoms with Crippen LogP contribution in [0.25, 0.3) is 21.8 Å². The van der Waals surface area contributed by atoms with Crippen molar-refractivity contribution in [2.24, 2.45) is 11.7 Å². The molecule has 0 saturated carbocycles. The van der Waals surface area contributed by atoms with Gasteiger partial charge in [-0.15, -0.1) is 0 Å². The van der Waals surface area contributed by atoms with Gasteiger partial charge in [0.1, 0.15) is 6.54 Å². The normalized spacial score (nSPS) is 17.7. The largest absolute Gasteiger partial charge is 0.368 e. The molecular weight excluding hydrogens is 374 g/mol. The lowest BCUT2D eigenvalue weighted by atomic mass is 9.90. The van der Waals surface area contributed by atoms with Crippen LogP contribution in [-0.2, 0) is 24.3 Å². The number of amides is 1. The van der Waals surface area contributed by atoms with Crippen molar-refractivity contribution in [3.63, 3.8) is 0 Å². The number of piperidine rings is 1. The van der Waals surface area contributed by atoms with Gasteiger partial charge in [0.2, 0.25) is 5.91 Å². The highest BCUT2D eigenvalue weighted by Crippen LogP contribution is 2.25. The SMILES string of the molecule is NC(=O)Cn1ccc2ccc(CN3CCC[C@H](Cc4ccc5[nH]ncc5c4)C3)cc21. The van der Waals surface area contributed by atoms with Crippen molar-refractivity contribution in [1.29, 1.82) is 0 Å². The predicted molar refractivity (Wildman–Crippen MR) is 119 cm³/mol. The Bertz CT molecular complexity index is 1190. The smallest absolute Gasteiger partial charge is 0.237 e. The van der Waals surface area contributed by atoms with E-state index in [-0.39, 0.29) is 12.5 Å². The molecule has 30 heavy (non-hydrogen) atoms. The van der Waals surface area contributed by atoms with E-state index in [0.29, 0.717) is 5.92 Å². The number of rotatable bonds is 6. The fourth-order valence-corrected chi connectivity index (χ4v) is 4.81. The third-order valence-electron chi connectivity index (χ3n) is 6.20. The molecule has 154 valence electrons. The van der Waals surface area contributed by atoms with E-state index in [4.69, 9.17) is 5.73 Å². The third kappa shape index (κ3) is 3.96. The molecule has 1 amide bonds. The fraction of sp³-hybridized carbons (Fsp3) is 0.333. The van der Waals surface area contributed by atoms with Gasteiger partial charge < -0.3 is 10.3 Å². The van der Waals surface area contributed by atoms with E-state index in [0.717, 1.165) is 42.5 Å². The van der Waals surface area contributed by atoms with E-state index >= 15 is 0 Å². The Labute approximate surface area is 175 Å². The minimum Gasteiger partial charge on any atom is -0.368 e. The Morgan fingerprint density at radius 1 is 1.13 bits per heavy atom. The lowest BCUT2D eigenvalue weighted by molar-refractivity contribution is -0.118. The van der Waals surface area contributed by atoms with Crippen LogP contribution >= 0.6 is 0 Å². The predicted octanol–water partition coefficient (Wildman–Crippen LogP) is 3.46. The van der Waals surface area contributed by atoms with E-state index in [1.807, 2.05) is 23.0 Å². The highest BCUT2D eigenvalue weighted by Gasteiger charge is 2.20. The molecule has 1 aliphatic heterocycles. The summed E-state index contributed by atoms with van der Waals surface area (Å²) < 4.78 is 1.94. The number of benzene rings is 2. The van der Waals surface area contributed by atoms with Crippen molar-refractivity contribution in [3.05, 3.63) is 66.0 Å². The van der Waals surface area contributed by atoms with Gasteiger partial charge in [0, 0.05) is 30.2 Å². The van der Waals surface area contributed by atoms with Gasteiger partial charge in [-0.25, -0.2) is 0 Å². The van der Waals surface area contributed by atoms with Crippen LogP contribution in [0.4, 0.5) is 0 Å². The molecule has 1 atom stereocenters. The Balaban J connectivity index is 1.27. The average molecular weight is 402 g/mol. The van der Waals surface area contributed by atoms with Crippen LogP contribution < -0.4 is 5.73 Å². The molecule has 2 aromatic heterocycles. The van der Waals surface area contributed by atoms with Crippen molar-refractivity contribution in [2.45, 2.75) is 32.4 Å². The molecule has 0 unspecified atom stereocenters. The zero-order valence-corrected chi connectivity index (χ0v) is 17.1. The Hall–Kier alpha value is -3.12. The lowest BCUT2D eigenvalue weighted by Gasteiger charge is -2.33. The van der Waals surface area contributed by atoms with Crippen LogP contribution in [0.15, 0.2) is 54.9 Å². The summed E-state index contributed by atoms with van der Waals surface area (Å²) in [5, 5.41) is 9.48. The van der Waals surface area contributed by atoms with E-state index in [2.05, 4.69) is 51.5 Å². The molecule has 4 aromatic rings. The number of nitrogens with one attached hydrogen (secondary N) is 1. The lowest BCUT2D eigenvalue weighted by Crippen LogP contribution is -2.35. The first-order valence-electron chi connectivity index (χ1n) is 10.6. The second-order valence-electron chi connectivity index (χ2n) is 8.54. The molecule has 0 spiro atoms. The standard InChI is InChI=1S/C24H27N5O/c25-24(30)16-29-9-7-20-5-3-19(12-23(20)29)15-28-8-1-2-18(14-28)10-17-4-6-22-21(11-17)13-26-27-22/h3-7,9,11-13,18H,1-2,8,10,14-16H2,(H2,25,30)(H,26,27)/t18-/m1/s1. The summed E-state index contributed by atoms with van der Waals surface area (Å²) in [5.74, 6) is 0.357. The van der Waals surface area contributed by atoms with Crippen LogP contribution in [0, 0.1) is 5.92 Å². The fourth-order valence-electron chi connectivity index (χ4n) is 4.81. The Morgan fingerprint density at radius 2 is 2.03 bits per heavy atom. The van der Waals surface area contributed by atoms with Crippen LogP contribution in [0.2, 0.25) is 0 Å². The number of H-pyrrole nitrogens is 1. The maximum atomic E-state index is 11.3. The number of fused-ring (bicyclic) bond motifs is 2. The number of hydrogen-bond donors (Lipinski definition) is 2. The quantitative estimate of drug-likeness (QED) is 0.519. The van der Waals surface area contributed by atoms with E-state index in [9.17, 15) is 4.79 Å². The Kier molecular flexibility index (Phi) is 5.01. The van der Waals surface area contributed by atoms with Gasteiger partial charge >= 0.3 is 0 Å². The molecule has 6 heteroatoms. The van der Waals surface area contributed by atoms with Gasteiger partial charge in [-0.05, 0) is 72.5 Å². The molecule has 5 rings (SSSR count). The maximum absolute atomic E-state index is 11.3. The first-order chi connectivity index (χ1) is 14.6. The molecular formula is C24H27N5O. The zero-order chi connectivity index (χ0) is 20.5. The first-order valence-corrected chi connectivity index (χ1v) is 10.6. The number of carbonyl (C=O) groups excluding carboxylic acids is 1. The molecule has 6 nitrogen and oxygen atoms in total. The summed E-state index contributed by atoms with van der Waals surface area (Å²) in [6, 6.07) is 15.2. The van der Waals surface area contributed by atoms with Gasteiger partial charge in [-0.2, -0.15) is 5.10 Å². The van der Waals surface area contributed by atoms with Crippen LogP contribution in [-0.4, -0.2) is 38.7 Å². The van der Waals surface area contributed by atoms with Crippen molar-refractivity contribution in [3.8, 4) is 0 Å². The van der Waals surface area contributed by atoms with Gasteiger partial charge in [0.15, 0.2) is 0 Å². The van der Waals surface area contributed by atoms with E-state index < -0.39 is 0 Å². The summed E-state index contributed by atoms with van der Waals surface area (Å²) in [7, 11) is 0. The summed E-state index contributed by atoms with van der Waals surface area (Å²) in [6.07, 6.45) is 7.46. The molecule has 0 bridgehead atoms. The summed E-state index contributed by atoms with van der Waals surface area (Å²) in [6.45, 7) is 3.41. The highest BCUT2D eigenvalue weighted by atomic mass is 16.1. The average Bonchev–Trinajstić information content (AvgIpc) is 3.34. The topological polar surface area (TPSA) is 79.9 Å². The third-order valence-corrected chi connectivity index (χ3v) is 6.20. The molecule has 1 fully saturated rings. The van der Waals surface area contributed by atoms with Gasteiger partial charge in [-0.1, -0.05) is 18.2 Å². The van der Waals surface area contributed by atoms with Crippen LogP contribution in [0.5, 0.6) is 0 Å². The maximum Gasteiger partial charge on any atom is 0.237 e. The number of likely N-dealkylation sites (tertiary alicyclic amines) is 1. The molecule has 2 aromatic carbocycles. The van der Waals surface area contributed by atoms with Gasteiger partial charge in [0.05, 0.1) is 11.7 Å². The number of nitrogens with two attached hydrogens (primary N) is 1. The summed E-state index contributed by atoms with van der Waals surface area (Å²) >= 11 is 0. The molecule has 1 saturated heterocycles. The van der Waals surface area contributed by atoms with Crippen molar-refractivity contribution in [1.82, 2.24) is 19.7 Å². The number of carbonyl (C=O) groups is 1. The highest BCUT2D eigenvalue weighted by molar-refractivity contribution is 5.83. The second kappa shape index (κ2) is 7.95. The Morgan fingerprint density at radius 3 is 2.93 bits per heavy atom. The van der Waals surface area contributed by atoms with Crippen LogP contribution in [0.3, 0.4) is 0 Å². The minimum atomic E-state index is -0.314. The number of nitrogens with zero attached hydrogens (tertiary/aromatic N) is 3. The molecule has 0 aliphatic carbocycles. The van der Waals surface area contributed by atoms with Crippen LogP contribution in [0.1, 0.15) is 24.0 Å². The van der Waals surface area contributed by atoms with E-state index in [1.54, 1.807) is 0 Å². The molecule has 3 heterocycles. The van der Waals surface area contributed by atoms with Gasteiger partial charge in [0.25, 0.3) is 0 Å². The van der Waals surface area contributed by atoms with E-state index in [1.165, 1.54) is 29.4 Å². The monoisotopic (exact) mass is 401 g/mol. The second-order valence-corrected chi connectivity index (χ2v) is 8.54. The van der Waals surface area contributed by atoms with Crippen molar-refractivity contribution in [2.75, 3.05) is 13.1 Å².